The van der Waals surface area contributed by atoms with E-state index >= 15 is 0 Å². The van der Waals surface area contributed by atoms with E-state index in [4.69, 9.17) is 11.6 Å². The maximum absolute atomic E-state index is 10.5. The SMILES string of the molecule is Cc1ccc(C2(O)CCCCC2)cc1Cl. The van der Waals surface area contributed by atoms with E-state index in [-0.39, 0.29) is 0 Å². The Balaban J connectivity index is 2.31. The number of hydrogen-bond acceptors (Lipinski definition) is 1. The van der Waals surface area contributed by atoms with Gasteiger partial charge in [0.2, 0.25) is 0 Å². The smallest absolute Gasteiger partial charge is 0.0897 e. The molecule has 2 rings (SSSR count). The van der Waals surface area contributed by atoms with Gasteiger partial charge in [-0.2, -0.15) is 0 Å². The topological polar surface area (TPSA) is 20.2 Å². The van der Waals surface area contributed by atoms with Gasteiger partial charge in [-0.3, -0.25) is 0 Å². The van der Waals surface area contributed by atoms with Crippen LogP contribution in [0.15, 0.2) is 18.2 Å². The summed E-state index contributed by atoms with van der Waals surface area (Å²) < 4.78 is 0. The van der Waals surface area contributed by atoms with Crippen molar-refractivity contribution in [2.45, 2.75) is 44.6 Å². The van der Waals surface area contributed by atoms with Gasteiger partial charge in [0.05, 0.1) is 5.60 Å². The monoisotopic (exact) mass is 224 g/mol. The molecule has 1 aliphatic carbocycles. The lowest BCUT2D eigenvalue weighted by Crippen LogP contribution is -2.28. The van der Waals surface area contributed by atoms with Crippen molar-refractivity contribution < 1.29 is 5.11 Å². The third-order valence-corrected chi connectivity index (χ3v) is 3.80. The molecule has 0 aliphatic heterocycles. The fourth-order valence-electron chi connectivity index (χ4n) is 2.31. The summed E-state index contributed by atoms with van der Waals surface area (Å²) in [7, 11) is 0. The second-order valence-corrected chi connectivity index (χ2v) is 4.96. The van der Waals surface area contributed by atoms with E-state index in [1.807, 2.05) is 25.1 Å². The summed E-state index contributed by atoms with van der Waals surface area (Å²) in [5.41, 5.74) is 1.42. The summed E-state index contributed by atoms with van der Waals surface area (Å²) in [5, 5.41) is 11.3. The van der Waals surface area contributed by atoms with Crippen molar-refractivity contribution in [1.82, 2.24) is 0 Å². The Morgan fingerprint density at radius 1 is 1.20 bits per heavy atom. The molecule has 1 N–H and O–H groups in total. The van der Waals surface area contributed by atoms with Gasteiger partial charge in [-0.05, 0) is 37.0 Å². The second kappa shape index (κ2) is 4.15. The fraction of sp³-hybridized carbons (Fsp3) is 0.538. The van der Waals surface area contributed by atoms with Crippen molar-refractivity contribution in [3.05, 3.63) is 34.3 Å². The van der Waals surface area contributed by atoms with E-state index in [2.05, 4.69) is 0 Å². The predicted octanol–water partition coefficient (Wildman–Crippen LogP) is 3.80. The first-order chi connectivity index (χ1) is 7.12. The van der Waals surface area contributed by atoms with Gasteiger partial charge < -0.3 is 5.11 Å². The molecule has 0 unspecified atom stereocenters. The zero-order chi connectivity index (χ0) is 10.9. The lowest BCUT2D eigenvalue weighted by Gasteiger charge is -2.32. The number of aliphatic hydroxyl groups is 1. The van der Waals surface area contributed by atoms with Crippen LogP contribution in [0, 0.1) is 6.92 Å². The molecule has 0 atom stereocenters. The molecule has 1 aromatic rings. The Morgan fingerprint density at radius 2 is 1.87 bits per heavy atom. The molecular weight excluding hydrogens is 208 g/mol. The Labute approximate surface area is 96.1 Å². The highest BCUT2D eigenvalue weighted by molar-refractivity contribution is 6.31. The maximum Gasteiger partial charge on any atom is 0.0897 e. The Hall–Kier alpha value is -0.530. The van der Waals surface area contributed by atoms with Crippen LogP contribution in [0.3, 0.4) is 0 Å². The van der Waals surface area contributed by atoms with E-state index in [0.29, 0.717) is 0 Å². The lowest BCUT2D eigenvalue weighted by molar-refractivity contribution is -0.000626. The molecule has 0 heterocycles. The van der Waals surface area contributed by atoms with E-state index in [1.165, 1.54) is 6.42 Å². The maximum atomic E-state index is 10.5. The molecule has 1 nitrogen and oxygen atoms in total. The van der Waals surface area contributed by atoms with Gasteiger partial charge in [0.1, 0.15) is 0 Å². The van der Waals surface area contributed by atoms with E-state index in [1.54, 1.807) is 0 Å². The average molecular weight is 225 g/mol. The van der Waals surface area contributed by atoms with Gasteiger partial charge in [-0.25, -0.2) is 0 Å². The summed E-state index contributed by atoms with van der Waals surface area (Å²) in [4.78, 5) is 0. The minimum atomic E-state index is -0.629. The highest BCUT2D eigenvalue weighted by Crippen LogP contribution is 2.38. The Morgan fingerprint density at radius 3 is 2.47 bits per heavy atom. The molecule has 1 saturated carbocycles. The zero-order valence-electron chi connectivity index (χ0n) is 9.09. The minimum Gasteiger partial charge on any atom is -0.385 e. The number of rotatable bonds is 1. The van der Waals surface area contributed by atoms with Crippen LogP contribution >= 0.6 is 11.6 Å². The van der Waals surface area contributed by atoms with Gasteiger partial charge in [0.15, 0.2) is 0 Å². The third kappa shape index (κ3) is 2.19. The first-order valence-electron chi connectivity index (χ1n) is 5.61. The first kappa shape index (κ1) is 11.0. The molecule has 15 heavy (non-hydrogen) atoms. The van der Waals surface area contributed by atoms with Crippen LogP contribution < -0.4 is 0 Å². The summed E-state index contributed by atoms with van der Waals surface area (Å²) in [6, 6.07) is 5.92. The molecular formula is C13H17ClO. The Kier molecular flexibility index (Phi) is 3.03. The molecule has 0 amide bonds. The van der Waals surface area contributed by atoms with Crippen molar-refractivity contribution in [2.24, 2.45) is 0 Å². The molecule has 82 valence electrons. The highest BCUT2D eigenvalue weighted by atomic mass is 35.5. The first-order valence-corrected chi connectivity index (χ1v) is 5.99. The van der Waals surface area contributed by atoms with Crippen LogP contribution in [0.1, 0.15) is 43.2 Å². The van der Waals surface area contributed by atoms with Crippen molar-refractivity contribution in [2.75, 3.05) is 0 Å². The number of aryl methyl sites for hydroxylation is 1. The zero-order valence-corrected chi connectivity index (χ0v) is 9.85. The third-order valence-electron chi connectivity index (χ3n) is 3.39. The van der Waals surface area contributed by atoms with Crippen LogP contribution in [0.5, 0.6) is 0 Å². The average Bonchev–Trinajstić information content (AvgIpc) is 2.23. The molecule has 0 spiro atoms. The molecule has 0 bridgehead atoms. The summed E-state index contributed by atoms with van der Waals surface area (Å²) in [6.45, 7) is 1.98. The molecule has 0 radical (unpaired) electrons. The van der Waals surface area contributed by atoms with E-state index in [0.717, 1.165) is 41.8 Å². The highest BCUT2D eigenvalue weighted by Gasteiger charge is 2.31. The molecule has 2 heteroatoms. The number of hydrogen-bond donors (Lipinski definition) is 1. The van der Waals surface area contributed by atoms with Crippen molar-refractivity contribution >= 4 is 11.6 Å². The van der Waals surface area contributed by atoms with Gasteiger partial charge >= 0.3 is 0 Å². The van der Waals surface area contributed by atoms with Gasteiger partial charge in [0, 0.05) is 5.02 Å². The summed E-state index contributed by atoms with van der Waals surface area (Å²) in [6.07, 6.45) is 5.20. The van der Waals surface area contributed by atoms with Crippen molar-refractivity contribution in [1.29, 1.82) is 0 Å². The van der Waals surface area contributed by atoms with Crippen LogP contribution in [0.2, 0.25) is 5.02 Å². The van der Waals surface area contributed by atoms with Crippen molar-refractivity contribution in [3.63, 3.8) is 0 Å². The number of benzene rings is 1. The summed E-state index contributed by atoms with van der Waals surface area (Å²) in [5.74, 6) is 0. The predicted molar refractivity (Wildman–Crippen MR) is 63.2 cm³/mol. The quantitative estimate of drug-likeness (QED) is 0.770. The van der Waals surface area contributed by atoms with Gasteiger partial charge in [-0.15, -0.1) is 0 Å². The Bertz CT molecular complexity index is 354. The number of halogens is 1. The molecule has 1 aliphatic rings. The van der Waals surface area contributed by atoms with Crippen LogP contribution in [0.25, 0.3) is 0 Å². The molecule has 1 aromatic carbocycles. The van der Waals surface area contributed by atoms with Gasteiger partial charge in [-0.1, -0.05) is 43.0 Å². The second-order valence-electron chi connectivity index (χ2n) is 4.56. The van der Waals surface area contributed by atoms with Crippen LogP contribution in [-0.2, 0) is 5.60 Å². The normalized spacial score (nSPS) is 20.2. The van der Waals surface area contributed by atoms with Crippen LogP contribution in [0.4, 0.5) is 0 Å². The van der Waals surface area contributed by atoms with Crippen LogP contribution in [-0.4, -0.2) is 5.11 Å². The van der Waals surface area contributed by atoms with E-state index in [9.17, 15) is 5.11 Å². The molecule has 1 fully saturated rings. The standard InChI is InChI=1S/C13H17ClO/c1-10-5-6-11(9-12(10)14)13(15)7-3-2-4-8-13/h5-6,9,15H,2-4,7-8H2,1H3. The van der Waals surface area contributed by atoms with Crippen molar-refractivity contribution in [3.8, 4) is 0 Å². The minimum absolute atomic E-state index is 0.629. The fourth-order valence-corrected chi connectivity index (χ4v) is 2.49. The van der Waals surface area contributed by atoms with Gasteiger partial charge in [0.25, 0.3) is 0 Å². The largest absolute Gasteiger partial charge is 0.385 e. The molecule has 0 saturated heterocycles. The molecule has 0 aromatic heterocycles. The lowest BCUT2D eigenvalue weighted by atomic mass is 9.79. The van der Waals surface area contributed by atoms with E-state index < -0.39 is 5.60 Å². The summed E-state index contributed by atoms with van der Waals surface area (Å²) >= 11 is 6.08.